The fourth-order valence-corrected chi connectivity index (χ4v) is 3.04. The molecule has 1 atom stereocenters. The molecule has 0 aromatic heterocycles. The first-order valence-corrected chi connectivity index (χ1v) is 8.78. The van der Waals surface area contributed by atoms with Gasteiger partial charge in [0.1, 0.15) is 5.75 Å². The molecule has 0 spiro atoms. The van der Waals surface area contributed by atoms with E-state index in [0.717, 1.165) is 30.2 Å². The highest BCUT2D eigenvalue weighted by molar-refractivity contribution is 5.81. The Morgan fingerprint density at radius 1 is 1.39 bits per heavy atom. The van der Waals surface area contributed by atoms with Gasteiger partial charge in [-0.1, -0.05) is 19.1 Å². The molecule has 4 nitrogen and oxygen atoms in total. The number of rotatable bonds is 7. The van der Waals surface area contributed by atoms with Gasteiger partial charge in [-0.25, -0.2) is 0 Å². The SMILES string of the molecule is CC[C@H](Oc1cccc(C)c1)C(=O)NCCC1CCN(C)CC1. The molecule has 0 radical (unpaired) electrons. The van der Waals surface area contributed by atoms with E-state index in [1.165, 1.54) is 25.9 Å². The highest BCUT2D eigenvalue weighted by Crippen LogP contribution is 2.19. The maximum Gasteiger partial charge on any atom is 0.261 e. The zero-order valence-electron chi connectivity index (χ0n) is 14.7. The Balaban J connectivity index is 1.74. The number of ether oxygens (including phenoxy) is 1. The number of carbonyl (C=O) groups excluding carboxylic acids is 1. The molecule has 1 heterocycles. The van der Waals surface area contributed by atoms with Gasteiger partial charge in [0.25, 0.3) is 5.91 Å². The maximum absolute atomic E-state index is 12.3. The summed E-state index contributed by atoms with van der Waals surface area (Å²) < 4.78 is 5.84. The molecule has 1 N–H and O–H groups in total. The molecule has 1 fully saturated rings. The van der Waals surface area contributed by atoms with Crippen LogP contribution in [0.15, 0.2) is 24.3 Å². The summed E-state index contributed by atoms with van der Waals surface area (Å²) in [5.41, 5.74) is 1.14. The molecule has 1 aromatic rings. The summed E-state index contributed by atoms with van der Waals surface area (Å²) in [6.45, 7) is 7.10. The minimum absolute atomic E-state index is 0.00179. The molecule has 1 aliphatic heterocycles. The molecule has 2 rings (SSSR count). The Morgan fingerprint density at radius 3 is 2.78 bits per heavy atom. The Hall–Kier alpha value is -1.55. The van der Waals surface area contributed by atoms with Crippen LogP contribution in [0.3, 0.4) is 0 Å². The third-order valence-electron chi connectivity index (χ3n) is 4.62. The molecular formula is C19H30N2O2. The van der Waals surface area contributed by atoms with Gasteiger partial charge in [-0.3, -0.25) is 4.79 Å². The van der Waals surface area contributed by atoms with Gasteiger partial charge in [0.2, 0.25) is 0 Å². The maximum atomic E-state index is 12.3. The van der Waals surface area contributed by atoms with Crippen LogP contribution in [0.2, 0.25) is 0 Å². The summed E-state index contributed by atoms with van der Waals surface area (Å²) in [7, 11) is 2.17. The molecule has 1 aromatic carbocycles. The first-order chi connectivity index (χ1) is 11.1. The average molecular weight is 318 g/mol. The number of piperidine rings is 1. The molecule has 0 aliphatic carbocycles. The first-order valence-electron chi connectivity index (χ1n) is 8.78. The number of nitrogens with zero attached hydrogens (tertiary/aromatic N) is 1. The zero-order chi connectivity index (χ0) is 16.7. The lowest BCUT2D eigenvalue weighted by Crippen LogP contribution is -2.39. The minimum atomic E-state index is -0.408. The van der Waals surface area contributed by atoms with Crippen molar-refractivity contribution in [3.63, 3.8) is 0 Å². The van der Waals surface area contributed by atoms with Crippen LogP contribution in [0.5, 0.6) is 5.75 Å². The van der Waals surface area contributed by atoms with E-state index in [1.54, 1.807) is 0 Å². The highest BCUT2D eigenvalue weighted by Gasteiger charge is 2.20. The Labute approximate surface area is 140 Å². The van der Waals surface area contributed by atoms with Crippen LogP contribution in [0.25, 0.3) is 0 Å². The number of aryl methyl sites for hydroxylation is 1. The summed E-state index contributed by atoms with van der Waals surface area (Å²) in [5.74, 6) is 1.51. The molecular weight excluding hydrogens is 288 g/mol. The van der Waals surface area contributed by atoms with E-state index >= 15 is 0 Å². The molecule has 0 saturated carbocycles. The van der Waals surface area contributed by atoms with Crippen molar-refractivity contribution in [1.82, 2.24) is 10.2 Å². The van der Waals surface area contributed by atoms with E-state index in [1.807, 2.05) is 38.1 Å². The molecule has 0 unspecified atom stereocenters. The second-order valence-electron chi connectivity index (χ2n) is 6.66. The van der Waals surface area contributed by atoms with E-state index < -0.39 is 6.10 Å². The van der Waals surface area contributed by atoms with Gasteiger partial charge in [0.15, 0.2) is 6.10 Å². The summed E-state index contributed by atoms with van der Waals surface area (Å²) in [6, 6.07) is 7.85. The van der Waals surface area contributed by atoms with Crippen LogP contribution in [0.4, 0.5) is 0 Å². The number of hydrogen-bond acceptors (Lipinski definition) is 3. The lowest BCUT2D eigenvalue weighted by molar-refractivity contribution is -0.128. The first kappa shape index (κ1) is 17.8. The predicted molar refractivity (Wildman–Crippen MR) is 93.7 cm³/mol. The second-order valence-corrected chi connectivity index (χ2v) is 6.66. The second kappa shape index (κ2) is 8.92. The van der Waals surface area contributed by atoms with E-state index in [-0.39, 0.29) is 5.91 Å². The summed E-state index contributed by atoms with van der Waals surface area (Å²) >= 11 is 0. The Bertz CT molecular complexity index is 496. The number of carbonyl (C=O) groups is 1. The van der Waals surface area contributed by atoms with Gasteiger partial charge in [-0.05, 0) is 76.4 Å². The topological polar surface area (TPSA) is 41.6 Å². The average Bonchev–Trinajstić information content (AvgIpc) is 2.54. The number of amides is 1. The Morgan fingerprint density at radius 2 is 2.13 bits per heavy atom. The normalized spacial score (nSPS) is 17.7. The van der Waals surface area contributed by atoms with Gasteiger partial charge in [-0.2, -0.15) is 0 Å². The molecule has 4 heteroatoms. The number of likely N-dealkylation sites (tertiary alicyclic amines) is 1. The van der Waals surface area contributed by atoms with Crippen LogP contribution in [0.1, 0.15) is 38.2 Å². The number of hydrogen-bond donors (Lipinski definition) is 1. The zero-order valence-corrected chi connectivity index (χ0v) is 14.7. The largest absolute Gasteiger partial charge is 0.481 e. The van der Waals surface area contributed by atoms with E-state index in [4.69, 9.17) is 4.74 Å². The quantitative estimate of drug-likeness (QED) is 0.840. The van der Waals surface area contributed by atoms with Gasteiger partial charge in [-0.15, -0.1) is 0 Å². The third-order valence-corrected chi connectivity index (χ3v) is 4.62. The van der Waals surface area contributed by atoms with Crippen LogP contribution < -0.4 is 10.1 Å². The highest BCUT2D eigenvalue weighted by atomic mass is 16.5. The molecule has 1 aliphatic rings. The van der Waals surface area contributed by atoms with Crippen molar-refractivity contribution in [3.05, 3.63) is 29.8 Å². The van der Waals surface area contributed by atoms with Crippen LogP contribution in [-0.2, 0) is 4.79 Å². The van der Waals surface area contributed by atoms with Crippen molar-refractivity contribution in [2.24, 2.45) is 5.92 Å². The molecule has 1 saturated heterocycles. The molecule has 0 bridgehead atoms. The van der Waals surface area contributed by atoms with E-state index in [9.17, 15) is 4.79 Å². The van der Waals surface area contributed by atoms with Crippen molar-refractivity contribution in [3.8, 4) is 5.75 Å². The fraction of sp³-hybridized carbons (Fsp3) is 0.632. The molecule has 23 heavy (non-hydrogen) atoms. The van der Waals surface area contributed by atoms with Gasteiger partial charge < -0.3 is 15.0 Å². The lowest BCUT2D eigenvalue weighted by Gasteiger charge is -2.29. The van der Waals surface area contributed by atoms with Gasteiger partial charge in [0.05, 0.1) is 0 Å². The van der Waals surface area contributed by atoms with Gasteiger partial charge in [0, 0.05) is 6.54 Å². The van der Waals surface area contributed by atoms with Crippen LogP contribution in [-0.4, -0.2) is 43.6 Å². The van der Waals surface area contributed by atoms with Crippen molar-refractivity contribution < 1.29 is 9.53 Å². The Kier molecular flexibility index (Phi) is 6.90. The van der Waals surface area contributed by atoms with Crippen molar-refractivity contribution >= 4 is 5.91 Å². The van der Waals surface area contributed by atoms with E-state index in [2.05, 4.69) is 17.3 Å². The van der Waals surface area contributed by atoms with Crippen LogP contribution in [0, 0.1) is 12.8 Å². The predicted octanol–water partition coefficient (Wildman–Crippen LogP) is 3.00. The van der Waals surface area contributed by atoms with Gasteiger partial charge >= 0.3 is 0 Å². The van der Waals surface area contributed by atoms with Crippen molar-refractivity contribution in [1.29, 1.82) is 0 Å². The third kappa shape index (κ3) is 5.87. The standard InChI is InChI=1S/C19H30N2O2/c1-4-18(23-17-7-5-6-15(2)14-17)19(22)20-11-8-16-9-12-21(3)13-10-16/h5-7,14,16,18H,4,8-13H2,1-3H3,(H,20,22)/t18-/m0/s1. The van der Waals surface area contributed by atoms with E-state index in [0.29, 0.717) is 6.42 Å². The number of nitrogens with one attached hydrogen (secondary N) is 1. The molecule has 1 amide bonds. The fourth-order valence-electron chi connectivity index (χ4n) is 3.04. The monoisotopic (exact) mass is 318 g/mol. The minimum Gasteiger partial charge on any atom is -0.481 e. The van der Waals surface area contributed by atoms with Crippen molar-refractivity contribution in [2.75, 3.05) is 26.7 Å². The summed E-state index contributed by atoms with van der Waals surface area (Å²) in [4.78, 5) is 14.7. The van der Waals surface area contributed by atoms with Crippen LogP contribution >= 0.6 is 0 Å². The summed E-state index contributed by atoms with van der Waals surface area (Å²) in [5, 5.41) is 3.05. The number of benzene rings is 1. The van der Waals surface area contributed by atoms with Crippen molar-refractivity contribution in [2.45, 2.75) is 45.6 Å². The molecule has 128 valence electrons. The smallest absolute Gasteiger partial charge is 0.261 e. The lowest BCUT2D eigenvalue weighted by atomic mass is 9.94. The summed E-state index contributed by atoms with van der Waals surface area (Å²) in [6.07, 6.45) is 3.82.